The van der Waals surface area contributed by atoms with Gasteiger partial charge in [-0.1, -0.05) is 25.1 Å². The lowest BCUT2D eigenvalue weighted by Gasteiger charge is -2.06. The van der Waals surface area contributed by atoms with Crippen molar-refractivity contribution in [1.82, 2.24) is 0 Å². The Morgan fingerprint density at radius 2 is 2.08 bits per heavy atom. The molecule has 12 heavy (non-hydrogen) atoms. The molecule has 0 radical (unpaired) electrons. The van der Waals surface area contributed by atoms with Crippen molar-refractivity contribution in [3.05, 3.63) is 35.6 Å². The summed E-state index contributed by atoms with van der Waals surface area (Å²) in [5.41, 5.74) is 0.345. The van der Waals surface area contributed by atoms with Gasteiger partial charge < -0.3 is 0 Å². The Balaban J connectivity index is 3.02. The van der Waals surface area contributed by atoms with Crippen molar-refractivity contribution in [2.45, 2.75) is 12.8 Å². The summed E-state index contributed by atoms with van der Waals surface area (Å²) in [6, 6.07) is 6.12. The summed E-state index contributed by atoms with van der Waals surface area (Å²) >= 11 is 5.23. The van der Waals surface area contributed by atoms with E-state index in [0.29, 0.717) is 5.56 Å². The van der Waals surface area contributed by atoms with Gasteiger partial charge in [0.05, 0.1) is 5.92 Å². The van der Waals surface area contributed by atoms with Crippen LogP contribution in [0.1, 0.15) is 18.4 Å². The first kappa shape index (κ1) is 9.20. The molecule has 3 heteroatoms. The molecule has 0 amide bonds. The zero-order valence-electron chi connectivity index (χ0n) is 6.55. The Morgan fingerprint density at radius 1 is 1.50 bits per heavy atom. The SMILES string of the molecule is C[C@@H](C(=O)Cl)c1ccccc1F. The van der Waals surface area contributed by atoms with Gasteiger partial charge in [0, 0.05) is 0 Å². The van der Waals surface area contributed by atoms with Gasteiger partial charge in [0.1, 0.15) is 5.82 Å². The van der Waals surface area contributed by atoms with Crippen LogP contribution in [0, 0.1) is 5.82 Å². The molecular weight excluding hydrogens is 179 g/mol. The number of carbonyl (C=O) groups is 1. The van der Waals surface area contributed by atoms with Crippen molar-refractivity contribution in [2.24, 2.45) is 0 Å². The second-order valence-corrected chi connectivity index (χ2v) is 2.92. The molecule has 1 aromatic carbocycles. The van der Waals surface area contributed by atoms with Crippen molar-refractivity contribution in [1.29, 1.82) is 0 Å². The second-order valence-electron chi connectivity index (χ2n) is 2.55. The van der Waals surface area contributed by atoms with Crippen LogP contribution in [0.3, 0.4) is 0 Å². The van der Waals surface area contributed by atoms with E-state index in [2.05, 4.69) is 0 Å². The van der Waals surface area contributed by atoms with E-state index < -0.39 is 11.2 Å². The summed E-state index contributed by atoms with van der Waals surface area (Å²) in [6.45, 7) is 1.58. The predicted molar refractivity (Wildman–Crippen MR) is 45.7 cm³/mol. The molecule has 0 saturated heterocycles. The molecule has 1 atom stereocenters. The second kappa shape index (κ2) is 3.68. The fourth-order valence-electron chi connectivity index (χ4n) is 0.949. The van der Waals surface area contributed by atoms with E-state index in [0.717, 1.165) is 0 Å². The normalized spacial score (nSPS) is 12.6. The standard InChI is InChI=1S/C9H8ClFO/c1-6(9(10)12)7-4-2-3-5-8(7)11/h2-6H,1H3/t6-/m1/s1. The Kier molecular flexibility index (Phi) is 2.82. The van der Waals surface area contributed by atoms with Crippen molar-refractivity contribution >= 4 is 16.8 Å². The van der Waals surface area contributed by atoms with Crippen LogP contribution in [0.15, 0.2) is 24.3 Å². The fourth-order valence-corrected chi connectivity index (χ4v) is 1.07. The summed E-state index contributed by atoms with van der Waals surface area (Å²) in [4.78, 5) is 10.7. The van der Waals surface area contributed by atoms with Gasteiger partial charge in [-0.05, 0) is 23.2 Å². The number of halogens is 2. The van der Waals surface area contributed by atoms with E-state index >= 15 is 0 Å². The highest BCUT2D eigenvalue weighted by Gasteiger charge is 2.15. The Hall–Kier alpha value is -0.890. The highest BCUT2D eigenvalue weighted by molar-refractivity contribution is 6.64. The fraction of sp³-hybridized carbons (Fsp3) is 0.222. The number of rotatable bonds is 2. The maximum Gasteiger partial charge on any atom is 0.228 e. The highest BCUT2D eigenvalue weighted by Crippen LogP contribution is 2.20. The molecule has 1 rings (SSSR count). The zero-order valence-corrected chi connectivity index (χ0v) is 7.31. The van der Waals surface area contributed by atoms with Crippen molar-refractivity contribution in [3.63, 3.8) is 0 Å². The van der Waals surface area contributed by atoms with Crippen LogP contribution in [0.25, 0.3) is 0 Å². The molecule has 0 aliphatic heterocycles. The summed E-state index contributed by atoms with van der Waals surface area (Å²) in [5.74, 6) is -0.966. The van der Waals surface area contributed by atoms with E-state index in [4.69, 9.17) is 11.6 Å². The van der Waals surface area contributed by atoms with Gasteiger partial charge in [0.15, 0.2) is 0 Å². The summed E-state index contributed by atoms with van der Waals surface area (Å²) in [6.07, 6.45) is 0. The van der Waals surface area contributed by atoms with E-state index in [1.807, 2.05) is 0 Å². The molecule has 0 aromatic heterocycles. The molecule has 0 fully saturated rings. The average Bonchev–Trinajstić information content (AvgIpc) is 2.04. The number of benzene rings is 1. The van der Waals surface area contributed by atoms with Gasteiger partial charge in [0.25, 0.3) is 0 Å². The first-order valence-corrected chi connectivity index (χ1v) is 3.94. The molecule has 0 unspecified atom stereocenters. The average molecular weight is 187 g/mol. The maximum absolute atomic E-state index is 13.0. The lowest BCUT2D eigenvalue weighted by Crippen LogP contribution is -2.03. The van der Waals surface area contributed by atoms with Crippen LogP contribution in [0.5, 0.6) is 0 Å². The van der Waals surface area contributed by atoms with Crippen molar-refractivity contribution < 1.29 is 9.18 Å². The molecule has 0 bridgehead atoms. The molecule has 64 valence electrons. The van der Waals surface area contributed by atoms with Crippen molar-refractivity contribution in [2.75, 3.05) is 0 Å². The van der Waals surface area contributed by atoms with Crippen LogP contribution in [-0.4, -0.2) is 5.24 Å². The minimum atomic E-state index is -0.576. The Bertz CT molecular complexity index is 298. The Morgan fingerprint density at radius 3 is 2.58 bits per heavy atom. The zero-order chi connectivity index (χ0) is 9.14. The van der Waals surface area contributed by atoms with E-state index in [1.165, 1.54) is 6.07 Å². The molecule has 0 heterocycles. The van der Waals surface area contributed by atoms with Gasteiger partial charge in [-0.15, -0.1) is 0 Å². The summed E-state index contributed by atoms with van der Waals surface area (Å²) in [5, 5.41) is -0.542. The number of hydrogen-bond donors (Lipinski definition) is 0. The molecule has 0 aliphatic rings. The van der Waals surface area contributed by atoms with E-state index in [1.54, 1.807) is 25.1 Å². The maximum atomic E-state index is 13.0. The van der Waals surface area contributed by atoms with Crippen LogP contribution < -0.4 is 0 Å². The summed E-state index contributed by atoms with van der Waals surface area (Å²) < 4.78 is 13.0. The molecule has 0 spiro atoms. The van der Waals surface area contributed by atoms with Gasteiger partial charge in [-0.25, -0.2) is 4.39 Å². The van der Waals surface area contributed by atoms with Gasteiger partial charge in [-0.3, -0.25) is 4.79 Å². The highest BCUT2D eigenvalue weighted by atomic mass is 35.5. The van der Waals surface area contributed by atoms with Gasteiger partial charge in [-0.2, -0.15) is 0 Å². The van der Waals surface area contributed by atoms with Crippen molar-refractivity contribution in [3.8, 4) is 0 Å². The lowest BCUT2D eigenvalue weighted by molar-refractivity contribution is -0.112. The minimum absolute atomic E-state index is 0.345. The Labute approximate surface area is 75.2 Å². The third kappa shape index (κ3) is 1.83. The predicted octanol–water partition coefficient (Wildman–Crippen LogP) is 2.69. The molecular formula is C9H8ClFO. The molecule has 1 aromatic rings. The minimum Gasteiger partial charge on any atom is -0.281 e. The van der Waals surface area contributed by atoms with Crippen LogP contribution in [-0.2, 0) is 4.79 Å². The largest absolute Gasteiger partial charge is 0.281 e. The summed E-state index contributed by atoms with van der Waals surface area (Å²) in [7, 11) is 0. The van der Waals surface area contributed by atoms with Gasteiger partial charge >= 0.3 is 0 Å². The number of carbonyl (C=O) groups excluding carboxylic acids is 1. The smallest absolute Gasteiger partial charge is 0.228 e. The first-order chi connectivity index (χ1) is 5.63. The molecule has 0 N–H and O–H groups in total. The third-order valence-corrected chi connectivity index (χ3v) is 2.04. The third-order valence-electron chi connectivity index (χ3n) is 1.71. The van der Waals surface area contributed by atoms with Crippen LogP contribution in [0.4, 0.5) is 4.39 Å². The molecule has 1 nitrogen and oxygen atoms in total. The molecule has 0 saturated carbocycles. The van der Waals surface area contributed by atoms with Crippen LogP contribution in [0.2, 0.25) is 0 Å². The quantitative estimate of drug-likeness (QED) is 0.649. The molecule has 0 aliphatic carbocycles. The monoisotopic (exact) mass is 186 g/mol. The first-order valence-electron chi connectivity index (χ1n) is 3.56. The lowest BCUT2D eigenvalue weighted by atomic mass is 10.0. The van der Waals surface area contributed by atoms with E-state index in [9.17, 15) is 9.18 Å². The van der Waals surface area contributed by atoms with Gasteiger partial charge in [0.2, 0.25) is 5.24 Å². The number of hydrogen-bond acceptors (Lipinski definition) is 1. The van der Waals surface area contributed by atoms with Crippen LogP contribution >= 0.6 is 11.6 Å². The van der Waals surface area contributed by atoms with E-state index in [-0.39, 0.29) is 5.82 Å². The topological polar surface area (TPSA) is 17.1 Å².